The van der Waals surface area contributed by atoms with Crippen LogP contribution in [0.4, 0.5) is 0 Å². The van der Waals surface area contributed by atoms with Crippen molar-refractivity contribution in [2.75, 3.05) is 13.1 Å². The molecule has 1 rings (SSSR count). The number of aliphatic hydroxyl groups is 1. The molecule has 1 saturated heterocycles. The lowest BCUT2D eigenvalue weighted by Crippen LogP contribution is -2.48. The summed E-state index contributed by atoms with van der Waals surface area (Å²) in [7, 11) is 0. The van der Waals surface area contributed by atoms with Crippen molar-refractivity contribution >= 4 is 18.5 Å². The zero-order valence-corrected chi connectivity index (χ0v) is 10.6. The Kier molecular flexibility index (Phi) is 4.46. The Morgan fingerprint density at radius 1 is 1.53 bits per heavy atom. The molecule has 88 valence electrons. The second-order valence-electron chi connectivity index (χ2n) is 4.81. The zero-order valence-electron chi connectivity index (χ0n) is 9.68. The molecule has 0 radical (unpaired) electrons. The number of likely N-dealkylation sites (tertiary alicyclic amines) is 1. The van der Waals surface area contributed by atoms with Crippen LogP contribution in [0.15, 0.2) is 0 Å². The minimum Gasteiger partial charge on any atom is -0.393 e. The van der Waals surface area contributed by atoms with E-state index >= 15 is 0 Å². The van der Waals surface area contributed by atoms with E-state index in [1.54, 1.807) is 0 Å². The van der Waals surface area contributed by atoms with Gasteiger partial charge >= 0.3 is 0 Å². The molecule has 1 fully saturated rings. The van der Waals surface area contributed by atoms with Gasteiger partial charge in [-0.05, 0) is 18.3 Å². The number of carbonyl (C=O) groups excluding carboxylic acids is 1. The quantitative estimate of drug-likeness (QED) is 0.700. The van der Waals surface area contributed by atoms with Gasteiger partial charge in [-0.15, -0.1) is 0 Å². The highest BCUT2D eigenvalue weighted by Crippen LogP contribution is 2.20. The zero-order chi connectivity index (χ0) is 11.6. The first-order chi connectivity index (χ1) is 6.93. The van der Waals surface area contributed by atoms with Gasteiger partial charge in [-0.2, -0.15) is 12.6 Å². The van der Waals surface area contributed by atoms with E-state index in [9.17, 15) is 9.90 Å². The third-order valence-electron chi connectivity index (χ3n) is 3.06. The predicted octanol–water partition coefficient (Wildman–Crippen LogP) is 1.17. The van der Waals surface area contributed by atoms with E-state index in [4.69, 9.17) is 0 Å². The summed E-state index contributed by atoms with van der Waals surface area (Å²) in [4.78, 5) is 13.8. The van der Waals surface area contributed by atoms with Crippen LogP contribution >= 0.6 is 12.6 Å². The van der Waals surface area contributed by atoms with Crippen molar-refractivity contribution in [3.05, 3.63) is 0 Å². The van der Waals surface area contributed by atoms with E-state index in [1.807, 2.05) is 25.7 Å². The summed E-state index contributed by atoms with van der Waals surface area (Å²) >= 11 is 4.33. The van der Waals surface area contributed by atoms with Gasteiger partial charge in [0.15, 0.2) is 0 Å². The molecule has 1 heterocycles. The molecule has 3 unspecified atom stereocenters. The number of amides is 1. The third kappa shape index (κ3) is 3.11. The molecule has 0 saturated carbocycles. The minimum atomic E-state index is -0.258. The molecule has 0 spiro atoms. The number of hydrogen-bond donors (Lipinski definition) is 2. The van der Waals surface area contributed by atoms with E-state index in [-0.39, 0.29) is 29.1 Å². The highest BCUT2D eigenvalue weighted by Gasteiger charge is 2.30. The van der Waals surface area contributed by atoms with Crippen LogP contribution in [0.3, 0.4) is 0 Å². The van der Waals surface area contributed by atoms with Crippen LogP contribution in [0.1, 0.15) is 27.2 Å². The summed E-state index contributed by atoms with van der Waals surface area (Å²) in [6.07, 6.45) is 0.428. The van der Waals surface area contributed by atoms with Gasteiger partial charge < -0.3 is 10.0 Å². The molecule has 1 amide bonds. The van der Waals surface area contributed by atoms with Crippen LogP contribution in [0.2, 0.25) is 0 Å². The molecule has 1 aliphatic heterocycles. The largest absolute Gasteiger partial charge is 0.393 e. The van der Waals surface area contributed by atoms with Gasteiger partial charge in [-0.25, -0.2) is 0 Å². The number of rotatable bonds is 2. The van der Waals surface area contributed by atoms with Gasteiger partial charge in [0.2, 0.25) is 5.91 Å². The molecular weight excluding hydrogens is 210 g/mol. The fourth-order valence-corrected chi connectivity index (χ4v) is 1.97. The van der Waals surface area contributed by atoms with Crippen LogP contribution in [-0.2, 0) is 4.79 Å². The molecule has 1 aliphatic rings. The fraction of sp³-hybridized carbons (Fsp3) is 0.909. The maximum Gasteiger partial charge on any atom is 0.235 e. The van der Waals surface area contributed by atoms with E-state index in [0.29, 0.717) is 19.5 Å². The van der Waals surface area contributed by atoms with Gasteiger partial charge in [0.1, 0.15) is 0 Å². The Morgan fingerprint density at radius 2 is 2.13 bits per heavy atom. The summed E-state index contributed by atoms with van der Waals surface area (Å²) in [5, 5.41) is 9.35. The number of nitrogens with zero attached hydrogens (tertiary/aromatic N) is 1. The Bertz CT molecular complexity index is 233. The highest BCUT2D eigenvalue weighted by atomic mass is 32.1. The van der Waals surface area contributed by atoms with Crippen molar-refractivity contribution in [1.82, 2.24) is 4.90 Å². The van der Waals surface area contributed by atoms with Gasteiger partial charge in [0.25, 0.3) is 0 Å². The minimum absolute atomic E-state index is 0.104. The number of carbonyl (C=O) groups is 1. The molecule has 3 nitrogen and oxygen atoms in total. The lowest BCUT2D eigenvalue weighted by Gasteiger charge is -2.36. The van der Waals surface area contributed by atoms with Gasteiger partial charge in [-0.1, -0.05) is 20.8 Å². The fourth-order valence-electron chi connectivity index (χ4n) is 1.81. The molecule has 0 aromatic rings. The van der Waals surface area contributed by atoms with Crippen molar-refractivity contribution in [1.29, 1.82) is 0 Å². The first-order valence-electron chi connectivity index (χ1n) is 5.58. The Hall–Kier alpha value is -0.220. The van der Waals surface area contributed by atoms with Gasteiger partial charge in [0, 0.05) is 13.1 Å². The highest BCUT2D eigenvalue weighted by molar-refractivity contribution is 7.81. The average molecular weight is 231 g/mol. The van der Waals surface area contributed by atoms with Crippen molar-refractivity contribution in [3.63, 3.8) is 0 Å². The van der Waals surface area contributed by atoms with Crippen molar-refractivity contribution in [2.45, 2.75) is 38.5 Å². The molecule has 0 bridgehead atoms. The molecule has 0 aromatic carbocycles. The number of piperidine rings is 1. The lowest BCUT2D eigenvalue weighted by molar-refractivity contribution is -0.134. The average Bonchev–Trinajstić information content (AvgIpc) is 2.19. The smallest absolute Gasteiger partial charge is 0.235 e. The number of aliphatic hydroxyl groups excluding tert-OH is 1. The van der Waals surface area contributed by atoms with Gasteiger partial charge in [-0.3, -0.25) is 4.79 Å². The maximum absolute atomic E-state index is 12.0. The van der Waals surface area contributed by atoms with Crippen molar-refractivity contribution < 1.29 is 9.90 Å². The van der Waals surface area contributed by atoms with E-state index < -0.39 is 0 Å². The van der Waals surface area contributed by atoms with Crippen molar-refractivity contribution in [2.24, 2.45) is 11.8 Å². The van der Waals surface area contributed by atoms with E-state index in [1.165, 1.54) is 0 Å². The number of thiol groups is 1. The Balaban J connectivity index is 2.54. The maximum atomic E-state index is 12.0. The Morgan fingerprint density at radius 3 is 2.60 bits per heavy atom. The molecule has 0 aromatic heterocycles. The molecule has 4 heteroatoms. The standard InChI is InChI=1S/C11H21NO2S/c1-7(2)10(15)11(14)12-5-4-9(13)8(3)6-12/h7-10,13,15H,4-6H2,1-3H3. The second-order valence-corrected chi connectivity index (χ2v) is 5.36. The first kappa shape index (κ1) is 12.8. The third-order valence-corrected chi connectivity index (χ3v) is 3.87. The summed E-state index contributed by atoms with van der Waals surface area (Å²) in [5.74, 6) is 0.533. The second kappa shape index (κ2) is 5.21. The van der Waals surface area contributed by atoms with Crippen LogP contribution in [0.25, 0.3) is 0 Å². The first-order valence-corrected chi connectivity index (χ1v) is 6.10. The SMILES string of the molecule is CC(C)C(S)C(=O)N1CCC(O)C(C)C1. The molecule has 1 N–H and O–H groups in total. The van der Waals surface area contributed by atoms with Gasteiger partial charge in [0.05, 0.1) is 11.4 Å². The summed E-state index contributed by atoms with van der Waals surface area (Å²) in [6, 6.07) is 0. The molecular formula is C11H21NO2S. The van der Waals surface area contributed by atoms with Crippen LogP contribution in [0, 0.1) is 11.8 Å². The lowest BCUT2D eigenvalue weighted by atomic mass is 9.96. The Labute approximate surface area is 97.3 Å². The summed E-state index contributed by atoms with van der Waals surface area (Å²) in [5.41, 5.74) is 0. The normalized spacial score (nSPS) is 29.3. The summed E-state index contributed by atoms with van der Waals surface area (Å²) in [6.45, 7) is 7.29. The van der Waals surface area contributed by atoms with E-state index in [0.717, 1.165) is 0 Å². The summed E-state index contributed by atoms with van der Waals surface area (Å²) < 4.78 is 0. The molecule has 0 aliphatic carbocycles. The van der Waals surface area contributed by atoms with Crippen LogP contribution in [-0.4, -0.2) is 40.4 Å². The molecule has 15 heavy (non-hydrogen) atoms. The topological polar surface area (TPSA) is 40.5 Å². The van der Waals surface area contributed by atoms with E-state index in [2.05, 4.69) is 12.6 Å². The number of hydrogen-bond acceptors (Lipinski definition) is 3. The molecule has 3 atom stereocenters. The predicted molar refractivity (Wildman–Crippen MR) is 64.0 cm³/mol. The monoisotopic (exact) mass is 231 g/mol. The van der Waals surface area contributed by atoms with Crippen molar-refractivity contribution in [3.8, 4) is 0 Å². The van der Waals surface area contributed by atoms with Crippen LogP contribution in [0.5, 0.6) is 0 Å². The van der Waals surface area contributed by atoms with Crippen LogP contribution < -0.4 is 0 Å².